The standard InChI is InChI=1S/C80H66/c1-77(2,3)47-35-45(36-48(40-47)78(4,5)6)67-66-42-65-52-22-17-16-21-51(52)54-23-18-24-61(69(54)65)74(66)68(46-37-49(79(7,8)9)41-50(38-46)80(10,11)12)76-63-34-32-59-57-29-30-60-64-39-44(43-19-14-13-15-20-43)25-26-53(64)55-27-28-56(71(57)70(55)60)58-31-33-62(75(67)76)73(63)72(58)59/h13-42H,1-12H3. The Morgan fingerprint density at radius 3 is 1.15 bits per heavy atom. The number of benzene rings is 13. The molecule has 15 aromatic carbocycles. The number of fused-ring (bicyclic) bond motifs is 13. The van der Waals surface area contributed by atoms with Gasteiger partial charge in [0.1, 0.15) is 0 Å². The van der Waals surface area contributed by atoms with Crippen LogP contribution in [-0.4, -0.2) is 0 Å². The third-order valence-corrected chi connectivity index (χ3v) is 19.0. The van der Waals surface area contributed by atoms with Crippen LogP contribution in [0.4, 0.5) is 0 Å². The monoisotopic (exact) mass is 1030 g/mol. The van der Waals surface area contributed by atoms with Crippen LogP contribution in [0.25, 0.3) is 163 Å². The Hall–Kier alpha value is -8.32. The van der Waals surface area contributed by atoms with Crippen LogP contribution < -0.4 is 0 Å². The lowest BCUT2D eigenvalue weighted by Crippen LogP contribution is -2.16. The summed E-state index contributed by atoms with van der Waals surface area (Å²) in [5.41, 5.74) is 18.3. The van der Waals surface area contributed by atoms with Crippen LogP contribution in [0.2, 0.25) is 0 Å². The first-order chi connectivity index (χ1) is 38.2. The molecule has 0 nitrogen and oxygen atoms in total. The topological polar surface area (TPSA) is 0 Å². The maximum Gasteiger partial charge on any atom is -0.000718 e. The second kappa shape index (κ2) is 15.7. The molecule has 0 amide bonds. The Kier molecular flexibility index (Phi) is 9.37. The summed E-state index contributed by atoms with van der Waals surface area (Å²) in [4.78, 5) is 0. The lowest BCUT2D eigenvalue weighted by molar-refractivity contribution is 0.568. The second-order valence-corrected chi connectivity index (χ2v) is 28.0. The van der Waals surface area contributed by atoms with E-state index in [1.807, 2.05) is 0 Å². The Bertz CT molecular complexity index is 5080. The highest BCUT2D eigenvalue weighted by molar-refractivity contribution is 6.49. The maximum atomic E-state index is 2.63. The van der Waals surface area contributed by atoms with E-state index in [1.54, 1.807) is 0 Å². The Labute approximate surface area is 469 Å². The molecule has 0 saturated carbocycles. The van der Waals surface area contributed by atoms with Gasteiger partial charge in [0.05, 0.1) is 0 Å². The van der Waals surface area contributed by atoms with Crippen LogP contribution >= 0.6 is 0 Å². The van der Waals surface area contributed by atoms with Gasteiger partial charge in [-0.3, -0.25) is 0 Å². The molecule has 0 aliphatic heterocycles. The molecule has 0 heteroatoms. The SMILES string of the molecule is CC(C)(C)c1cc(-c2c3cc4c5ccccc5c5cccc(c3c(-c3cc(C(C)(C)C)cc(C(C)(C)C)c3)c3c6ccc7c8ccc9c%10c(ccc(c%11ccc(c23)c6c%117)c%108)-c2ccc(-c3ccccc3)cc2-9)c54)cc(C(C)(C)C)c1. The number of rotatable bonds is 3. The normalized spacial score (nSPS) is 13.5. The van der Waals surface area contributed by atoms with Crippen molar-refractivity contribution in [2.24, 2.45) is 0 Å². The van der Waals surface area contributed by atoms with Crippen LogP contribution in [-0.2, 0) is 21.7 Å². The van der Waals surface area contributed by atoms with Crippen LogP contribution in [0.15, 0.2) is 182 Å². The van der Waals surface area contributed by atoms with Gasteiger partial charge in [-0.05, 0) is 219 Å². The molecule has 0 spiro atoms. The average Bonchev–Trinajstić information content (AvgIpc) is 2.28. The first kappa shape index (κ1) is 47.7. The van der Waals surface area contributed by atoms with Crippen molar-refractivity contribution in [2.45, 2.75) is 105 Å². The van der Waals surface area contributed by atoms with Crippen molar-refractivity contribution < 1.29 is 0 Å². The minimum Gasteiger partial charge on any atom is -0.0622 e. The average molecular weight is 1030 g/mol. The van der Waals surface area contributed by atoms with Crippen molar-refractivity contribution >= 4 is 108 Å². The minimum atomic E-state index is -0.0798. The van der Waals surface area contributed by atoms with Crippen molar-refractivity contribution in [1.82, 2.24) is 0 Å². The largest absolute Gasteiger partial charge is 0.0622 e. The molecule has 0 atom stereocenters. The summed E-state index contributed by atoms with van der Waals surface area (Å²) in [6.45, 7) is 28.6. The summed E-state index contributed by atoms with van der Waals surface area (Å²) in [7, 11) is 0. The highest BCUT2D eigenvalue weighted by Gasteiger charge is 2.33. The molecular weight excluding hydrogens is 961 g/mol. The molecule has 0 saturated heterocycles. The van der Waals surface area contributed by atoms with Gasteiger partial charge in [0.2, 0.25) is 0 Å². The fraction of sp³-hybridized carbons (Fsp3) is 0.200. The van der Waals surface area contributed by atoms with Gasteiger partial charge in [-0.2, -0.15) is 0 Å². The molecule has 0 fully saturated rings. The lowest BCUT2D eigenvalue weighted by Gasteiger charge is -2.28. The quantitative estimate of drug-likeness (QED) is 0.122. The summed E-state index contributed by atoms with van der Waals surface area (Å²) in [5.74, 6) is 0. The first-order valence-corrected chi connectivity index (χ1v) is 29.2. The predicted octanol–water partition coefficient (Wildman–Crippen LogP) is 23.4. The van der Waals surface area contributed by atoms with E-state index in [4.69, 9.17) is 0 Å². The molecule has 0 unspecified atom stereocenters. The third kappa shape index (κ3) is 6.45. The summed E-state index contributed by atoms with van der Waals surface area (Å²) >= 11 is 0. The molecule has 0 bridgehead atoms. The van der Waals surface area contributed by atoms with Gasteiger partial charge in [0.25, 0.3) is 0 Å². The zero-order valence-electron chi connectivity index (χ0n) is 48.3. The molecule has 0 aromatic heterocycles. The summed E-state index contributed by atoms with van der Waals surface area (Å²) in [6, 6.07) is 71.9. The van der Waals surface area contributed by atoms with Crippen molar-refractivity contribution in [3.63, 3.8) is 0 Å². The second-order valence-electron chi connectivity index (χ2n) is 28.0. The highest BCUT2D eigenvalue weighted by atomic mass is 14.4. The van der Waals surface area contributed by atoms with E-state index in [2.05, 4.69) is 265 Å². The number of hydrogen-bond acceptors (Lipinski definition) is 0. The molecule has 0 N–H and O–H groups in total. The van der Waals surface area contributed by atoms with Crippen LogP contribution in [0.3, 0.4) is 0 Å². The lowest BCUT2D eigenvalue weighted by atomic mass is 9.76. The summed E-state index contributed by atoms with van der Waals surface area (Å²) < 4.78 is 0. The molecule has 1 aliphatic rings. The summed E-state index contributed by atoms with van der Waals surface area (Å²) in [5, 5.41) is 26.9. The van der Waals surface area contributed by atoms with Gasteiger partial charge in [0, 0.05) is 0 Å². The first-order valence-electron chi connectivity index (χ1n) is 29.2. The van der Waals surface area contributed by atoms with Gasteiger partial charge < -0.3 is 0 Å². The molecule has 386 valence electrons. The van der Waals surface area contributed by atoms with Crippen molar-refractivity contribution in [1.29, 1.82) is 0 Å². The molecule has 15 aromatic rings. The Balaban J connectivity index is 1.13. The molecule has 0 heterocycles. The Morgan fingerprint density at radius 2 is 0.588 bits per heavy atom. The van der Waals surface area contributed by atoms with Crippen LogP contribution in [0.5, 0.6) is 0 Å². The zero-order valence-corrected chi connectivity index (χ0v) is 48.3. The summed E-state index contributed by atoms with van der Waals surface area (Å²) in [6.07, 6.45) is 0. The molecular formula is C80H66. The van der Waals surface area contributed by atoms with E-state index in [9.17, 15) is 0 Å². The molecule has 0 radical (unpaired) electrons. The fourth-order valence-corrected chi connectivity index (χ4v) is 14.8. The third-order valence-electron chi connectivity index (χ3n) is 19.0. The Morgan fingerprint density at radius 1 is 0.188 bits per heavy atom. The van der Waals surface area contributed by atoms with Crippen LogP contribution in [0.1, 0.15) is 105 Å². The van der Waals surface area contributed by atoms with Crippen LogP contribution in [0, 0.1) is 0 Å². The molecule has 80 heavy (non-hydrogen) atoms. The zero-order chi connectivity index (χ0) is 54.8. The molecule has 1 aliphatic carbocycles. The van der Waals surface area contributed by atoms with Crippen molar-refractivity contribution in [2.75, 3.05) is 0 Å². The van der Waals surface area contributed by atoms with E-state index < -0.39 is 0 Å². The van der Waals surface area contributed by atoms with E-state index >= 15 is 0 Å². The minimum absolute atomic E-state index is 0.0781. The van der Waals surface area contributed by atoms with Gasteiger partial charge in [-0.15, -0.1) is 0 Å². The van der Waals surface area contributed by atoms with Crippen molar-refractivity contribution in [3.05, 3.63) is 204 Å². The highest BCUT2D eigenvalue weighted by Crippen LogP contribution is 2.59. The smallest absolute Gasteiger partial charge is 0.000718 e. The van der Waals surface area contributed by atoms with Crippen molar-refractivity contribution in [3.8, 4) is 55.6 Å². The maximum absolute atomic E-state index is 2.63. The van der Waals surface area contributed by atoms with E-state index in [-0.39, 0.29) is 21.7 Å². The van der Waals surface area contributed by atoms with Gasteiger partial charge in [0.15, 0.2) is 0 Å². The van der Waals surface area contributed by atoms with Gasteiger partial charge >= 0.3 is 0 Å². The number of hydrogen-bond donors (Lipinski definition) is 0. The van der Waals surface area contributed by atoms with E-state index in [0.717, 1.165) is 0 Å². The molecule has 16 rings (SSSR count). The van der Waals surface area contributed by atoms with Gasteiger partial charge in [-0.1, -0.05) is 253 Å². The predicted molar refractivity (Wildman–Crippen MR) is 351 cm³/mol. The van der Waals surface area contributed by atoms with E-state index in [1.165, 1.54) is 186 Å². The van der Waals surface area contributed by atoms with Gasteiger partial charge in [-0.25, -0.2) is 0 Å². The van der Waals surface area contributed by atoms with E-state index in [0.29, 0.717) is 0 Å². The fourth-order valence-electron chi connectivity index (χ4n) is 14.8.